The van der Waals surface area contributed by atoms with E-state index in [-0.39, 0.29) is 0 Å². The Morgan fingerprint density at radius 1 is 0.917 bits per heavy atom. The molecule has 0 aliphatic heterocycles. The molecule has 0 unspecified atom stereocenters. The van der Waals surface area contributed by atoms with Gasteiger partial charge < -0.3 is 4.98 Å². The molecule has 0 radical (unpaired) electrons. The molecule has 3 aromatic carbocycles. The van der Waals surface area contributed by atoms with Crippen LogP contribution in [0.4, 0.5) is 0 Å². The Bertz CT molecular complexity index is 1120. The van der Waals surface area contributed by atoms with Crippen LogP contribution in [0.15, 0.2) is 66.7 Å². The van der Waals surface area contributed by atoms with Gasteiger partial charge in [-0.1, -0.05) is 60.7 Å². The minimum absolute atomic E-state index is 0.680. The molecule has 0 aliphatic carbocycles. The van der Waals surface area contributed by atoms with Crippen LogP contribution in [0.2, 0.25) is 0 Å². The van der Waals surface area contributed by atoms with Crippen LogP contribution in [0.5, 0.6) is 0 Å². The predicted molar refractivity (Wildman–Crippen MR) is 100 cm³/mol. The van der Waals surface area contributed by atoms with Crippen LogP contribution in [0.3, 0.4) is 0 Å². The van der Waals surface area contributed by atoms with Gasteiger partial charge in [-0.05, 0) is 29.8 Å². The molecule has 1 heterocycles. The summed E-state index contributed by atoms with van der Waals surface area (Å²) in [5.74, 6) is 0. The third kappa shape index (κ3) is 2.28. The largest absolute Gasteiger partial charge is 0.358 e. The van der Waals surface area contributed by atoms with Crippen molar-refractivity contribution in [3.05, 3.63) is 83.6 Å². The van der Waals surface area contributed by atoms with Crippen LogP contribution in [0.1, 0.15) is 16.8 Å². The minimum Gasteiger partial charge on any atom is -0.358 e. The summed E-state index contributed by atoms with van der Waals surface area (Å²) in [6, 6.07) is 24.8. The topological polar surface area (TPSA) is 39.6 Å². The van der Waals surface area contributed by atoms with Crippen molar-refractivity contribution in [2.75, 3.05) is 0 Å². The number of benzene rings is 3. The van der Waals surface area contributed by atoms with Gasteiger partial charge in [0.25, 0.3) is 0 Å². The highest BCUT2D eigenvalue weighted by Crippen LogP contribution is 2.30. The number of aromatic nitrogens is 1. The molecular weight excluding hydrogens is 292 g/mol. The molecule has 0 saturated carbocycles. The molecule has 0 saturated heterocycles. The van der Waals surface area contributed by atoms with Crippen molar-refractivity contribution in [1.82, 2.24) is 4.98 Å². The van der Waals surface area contributed by atoms with Gasteiger partial charge in [0.15, 0.2) is 0 Å². The Hall–Kier alpha value is -3.31. The quantitative estimate of drug-likeness (QED) is 0.474. The van der Waals surface area contributed by atoms with E-state index in [2.05, 4.69) is 41.4 Å². The van der Waals surface area contributed by atoms with E-state index in [1.54, 1.807) is 0 Å². The third-order valence-electron chi connectivity index (χ3n) is 4.43. The molecule has 0 fully saturated rings. The van der Waals surface area contributed by atoms with Crippen molar-refractivity contribution >= 4 is 33.3 Å². The number of aromatic amines is 1. The zero-order valence-electron chi connectivity index (χ0n) is 13.4. The summed E-state index contributed by atoms with van der Waals surface area (Å²) < 4.78 is 0. The molecule has 1 N–H and O–H groups in total. The Balaban J connectivity index is 1.97. The minimum atomic E-state index is 0.680. The summed E-state index contributed by atoms with van der Waals surface area (Å²) in [7, 11) is 0. The zero-order valence-corrected chi connectivity index (χ0v) is 13.4. The van der Waals surface area contributed by atoms with Crippen molar-refractivity contribution in [1.29, 1.82) is 5.26 Å². The number of rotatable bonds is 2. The standard InChI is InChI=1S/C22H16N2/c1-15-21(20-10-4-5-12-22(20)24-15)13-17(14-23)19-11-6-8-16-7-2-3-9-18(16)19/h2-13,24H,1H3/b17-13-. The first-order chi connectivity index (χ1) is 11.8. The molecule has 0 atom stereocenters. The average molecular weight is 308 g/mol. The lowest BCUT2D eigenvalue weighted by Crippen LogP contribution is -1.86. The molecule has 0 aliphatic rings. The van der Waals surface area contributed by atoms with E-state index in [1.165, 1.54) is 0 Å². The second kappa shape index (κ2) is 5.72. The molecule has 4 aromatic rings. The summed E-state index contributed by atoms with van der Waals surface area (Å²) >= 11 is 0. The normalized spacial score (nSPS) is 11.8. The van der Waals surface area contributed by atoms with Gasteiger partial charge in [-0.2, -0.15) is 5.26 Å². The van der Waals surface area contributed by atoms with Gasteiger partial charge in [-0.3, -0.25) is 0 Å². The molecule has 24 heavy (non-hydrogen) atoms. The molecule has 4 rings (SSSR count). The maximum absolute atomic E-state index is 9.77. The van der Waals surface area contributed by atoms with Crippen LogP contribution in [-0.4, -0.2) is 4.98 Å². The summed E-state index contributed by atoms with van der Waals surface area (Å²) in [4.78, 5) is 3.39. The second-order valence-corrected chi connectivity index (χ2v) is 5.91. The molecule has 0 spiro atoms. The Kier molecular flexibility index (Phi) is 3.40. The summed E-state index contributed by atoms with van der Waals surface area (Å²) in [5, 5.41) is 13.2. The van der Waals surface area contributed by atoms with Crippen molar-refractivity contribution in [3.8, 4) is 6.07 Å². The van der Waals surface area contributed by atoms with Crippen LogP contribution in [0, 0.1) is 18.3 Å². The maximum Gasteiger partial charge on any atom is 0.0998 e. The van der Waals surface area contributed by atoms with Crippen LogP contribution in [-0.2, 0) is 0 Å². The Morgan fingerprint density at radius 3 is 2.46 bits per heavy atom. The zero-order chi connectivity index (χ0) is 16.5. The number of nitrogens with one attached hydrogen (secondary N) is 1. The number of hydrogen-bond acceptors (Lipinski definition) is 1. The number of aryl methyl sites for hydroxylation is 1. The molecule has 2 nitrogen and oxygen atoms in total. The van der Waals surface area contributed by atoms with E-state index in [1.807, 2.05) is 49.4 Å². The number of H-pyrrole nitrogens is 1. The Morgan fingerprint density at radius 2 is 1.62 bits per heavy atom. The fourth-order valence-corrected chi connectivity index (χ4v) is 3.26. The molecule has 0 bridgehead atoms. The highest BCUT2D eigenvalue weighted by atomic mass is 14.7. The van der Waals surface area contributed by atoms with E-state index in [0.717, 1.165) is 38.5 Å². The monoisotopic (exact) mass is 308 g/mol. The van der Waals surface area contributed by atoms with Crippen molar-refractivity contribution < 1.29 is 0 Å². The lowest BCUT2D eigenvalue weighted by Gasteiger charge is -2.05. The summed E-state index contributed by atoms with van der Waals surface area (Å²) in [6.07, 6.45) is 2.00. The fourth-order valence-electron chi connectivity index (χ4n) is 3.26. The van der Waals surface area contributed by atoms with Crippen LogP contribution in [0.25, 0.3) is 33.3 Å². The van der Waals surface area contributed by atoms with Gasteiger partial charge >= 0.3 is 0 Å². The van der Waals surface area contributed by atoms with Crippen LogP contribution < -0.4 is 0 Å². The van der Waals surface area contributed by atoms with Crippen LogP contribution >= 0.6 is 0 Å². The number of fused-ring (bicyclic) bond motifs is 2. The van der Waals surface area contributed by atoms with E-state index in [0.29, 0.717) is 5.57 Å². The van der Waals surface area contributed by atoms with E-state index in [9.17, 15) is 5.26 Å². The number of para-hydroxylation sites is 1. The lowest BCUT2D eigenvalue weighted by molar-refractivity contribution is 1.29. The highest BCUT2D eigenvalue weighted by molar-refractivity contribution is 6.04. The van der Waals surface area contributed by atoms with Crippen molar-refractivity contribution in [2.24, 2.45) is 0 Å². The SMILES string of the molecule is Cc1[nH]c2ccccc2c1/C=C(/C#N)c1cccc2ccccc12. The van der Waals surface area contributed by atoms with E-state index >= 15 is 0 Å². The summed E-state index contributed by atoms with van der Waals surface area (Å²) in [5.41, 5.74) is 4.90. The van der Waals surface area contributed by atoms with Gasteiger partial charge in [0, 0.05) is 27.7 Å². The third-order valence-corrected chi connectivity index (χ3v) is 4.43. The predicted octanol–water partition coefficient (Wildman–Crippen LogP) is 5.69. The second-order valence-electron chi connectivity index (χ2n) is 5.91. The number of allylic oxidation sites excluding steroid dienone is 1. The van der Waals surface area contributed by atoms with Gasteiger partial charge in [0.1, 0.15) is 0 Å². The van der Waals surface area contributed by atoms with E-state index < -0.39 is 0 Å². The van der Waals surface area contributed by atoms with Crippen molar-refractivity contribution in [2.45, 2.75) is 6.92 Å². The van der Waals surface area contributed by atoms with E-state index in [4.69, 9.17) is 0 Å². The van der Waals surface area contributed by atoms with Crippen molar-refractivity contribution in [3.63, 3.8) is 0 Å². The highest BCUT2D eigenvalue weighted by Gasteiger charge is 2.10. The number of nitriles is 1. The first-order valence-corrected chi connectivity index (χ1v) is 7.95. The van der Waals surface area contributed by atoms with Gasteiger partial charge in [0.2, 0.25) is 0 Å². The number of nitrogens with zero attached hydrogens (tertiary/aromatic N) is 1. The molecule has 1 aromatic heterocycles. The summed E-state index contributed by atoms with van der Waals surface area (Å²) in [6.45, 7) is 2.05. The first kappa shape index (κ1) is 14.3. The van der Waals surface area contributed by atoms with Gasteiger partial charge in [-0.25, -0.2) is 0 Å². The maximum atomic E-state index is 9.77. The lowest BCUT2D eigenvalue weighted by atomic mass is 9.97. The average Bonchev–Trinajstić information content (AvgIpc) is 2.94. The smallest absolute Gasteiger partial charge is 0.0998 e. The molecule has 0 amide bonds. The molecule has 2 heteroatoms. The van der Waals surface area contributed by atoms with Gasteiger partial charge in [0.05, 0.1) is 11.6 Å². The first-order valence-electron chi connectivity index (χ1n) is 7.95. The van der Waals surface area contributed by atoms with Gasteiger partial charge in [-0.15, -0.1) is 0 Å². The fraction of sp³-hybridized carbons (Fsp3) is 0.0455. The molecular formula is C22H16N2. The Labute approximate surface area is 140 Å². The molecule has 114 valence electrons. The number of hydrogen-bond donors (Lipinski definition) is 1.